The predicted molar refractivity (Wildman–Crippen MR) is 82.6 cm³/mol. The summed E-state index contributed by atoms with van der Waals surface area (Å²) in [5.41, 5.74) is 2.37. The van der Waals surface area contributed by atoms with E-state index in [4.69, 9.17) is 34.8 Å². The molecule has 0 aliphatic rings. The van der Waals surface area contributed by atoms with E-state index in [2.05, 4.69) is 19.9 Å². The van der Waals surface area contributed by atoms with Gasteiger partial charge in [-0.2, -0.15) is 0 Å². The van der Waals surface area contributed by atoms with Crippen molar-refractivity contribution in [3.05, 3.63) is 55.2 Å². The SMILES string of the molecule is Cc1cc(C)c(C(Cl)Cc2ccc(Cl)c(Cl)c2)s1. The van der Waals surface area contributed by atoms with Gasteiger partial charge < -0.3 is 0 Å². The Morgan fingerprint density at radius 1 is 1.11 bits per heavy atom. The minimum atomic E-state index is -0.0130. The molecule has 0 fully saturated rings. The van der Waals surface area contributed by atoms with Crippen molar-refractivity contribution < 1.29 is 0 Å². The van der Waals surface area contributed by atoms with E-state index in [-0.39, 0.29) is 5.38 Å². The average Bonchev–Trinajstić information content (AvgIpc) is 2.63. The van der Waals surface area contributed by atoms with Crippen LogP contribution in [0.5, 0.6) is 0 Å². The first-order valence-electron chi connectivity index (χ1n) is 5.62. The third kappa shape index (κ3) is 3.21. The van der Waals surface area contributed by atoms with Gasteiger partial charge in [0.15, 0.2) is 0 Å². The molecule has 1 aromatic carbocycles. The number of hydrogen-bond acceptors (Lipinski definition) is 1. The zero-order chi connectivity index (χ0) is 13.3. The topological polar surface area (TPSA) is 0 Å². The van der Waals surface area contributed by atoms with Crippen LogP contribution < -0.4 is 0 Å². The molecule has 0 radical (unpaired) electrons. The fraction of sp³-hybridized carbons (Fsp3) is 0.286. The predicted octanol–water partition coefficient (Wildman–Crippen LogP) is 6.19. The Balaban J connectivity index is 2.18. The van der Waals surface area contributed by atoms with E-state index in [1.54, 1.807) is 11.3 Å². The molecule has 0 aliphatic carbocycles. The maximum absolute atomic E-state index is 6.49. The minimum Gasteiger partial charge on any atom is -0.144 e. The summed E-state index contributed by atoms with van der Waals surface area (Å²) < 4.78 is 0. The quantitative estimate of drug-likeness (QED) is 0.591. The standard InChI is InChI=1S/C14H13Cl3S/c1-8-5-9(2)18-14(8)13(17)7-10-3-4-11(15)12(16)6-10/h3-6,13H,7H2,1-2H3. The van der Waals surface area contributed by atoms with Crippen LogP contribution in [0.2, 0.25) is 10.0 Å². The molecule has 0 spiro atoms. The van der Waals surface area contributed by atoms with Crippen LogP contribution >= 0.6 is 46.1 Å². The molecule has 0 amide bonds. The lowest BCUT2D eigenvalue weighted by Gasteiger charge is -2.09. The second kappa shape index (κ2) is 5.83. The van der Waals surface area contributed by atoms with Gasteiger partial charge in [0.25, 0.3) is 0 Å². The molecule has 0 saturated carbocycles. The highest BCUT2D eigenvalue weighted by Crippen LogP contribution is 2.34. The molecule has 1 unspecified atom stereocenters. The van der Waals surface area contributed by atoms with Gasteiger partial charge in [0.1, 0.15) is 0 Å². The van der Waals surface area contributed by atoms with Crippen LogP contribution in [0.25, 0.3) is 0 Å². The molecule has 2 rings (SSSR count). The van der Waals surface area contributed by atoms with Gasteiger partial charge in [-0.3, -0.25) is 0 Å². The first-order valence-corrected chi connectivity index (χ1v) is 7.63. The van der Waals surface area contributed by atoms with Crippen LogP contribution in [0.3, 0.4) is 0 Å². The van der Waals surface area contributed by atoms with Crippen molar-refractivity contribution in [3.8, 4) is 0 Å². The molecular weight excluding hydrogens is 307 g/mol. The lowest BCUT2D eigenvalue weighted by molar-refractivity contribution is 0.932. The normalized spacial score (nSPS) is 12.7. The van der Waals surface area contributed by atoms with Gasteiger partial charge in [-0.25, -0.2) is 0 Å². The summed E-state index contributed by atoms with van der Waals surface area (Å²) in [5, 5.41) is 1.15. The van der Waals surface area contributed by atoms with Gasteiger partial charge in [-0.15, -0.1) is 22.9 Å². The number of rotatable bonds is 3. The number of benzene rings is 1. The van der Waals surface area contributed by atoms with E-state index in [0.29, 0.717) is 10.0 Å². The number of alkyl halides is 1. The molecule has 2 aromatic rings. The van der Waals surface area contributed by atoms with Crippen molar-refractivity contribution in [2.45, 2.75) is 25.6 Å². The highest BCUT2D eigenvalue weighted by atomic mass is 35.5. The van der Waals surface area contributed by atoms with Gasteiger partial charge in [-0.1, -0.05) is 29.3 Å². The maximum Gasteiger partial charge on any atom is 0.0721 e. The fourth-order valence-electron chi connectivity index (χ4n) is 1.94. The zero-order valence-electron chi connectivity index (χ0n) is 10.1. The minimum absolute atomic E-state index is 0.0130. The van der Waals surface area contributed by atoms with Crippen LogP contribution in [-0.2, 0) is 6.42 Å². The molecule has 0 N–H and O–H groups in total. The van der Waals surface area contributed by atoms with Gasteiger partial charge in [0.05, 0.1) is 15.4 Å². The Bertz CT molecular complexity index is 560. The number of aryl methyl sites for hydroxylation is 2. The highest BCUT2D eigenvalue weighted by Gasteiger charge is 2.14. The smallest absolute Gasteiger partial charge is 0.0721 e. The largest absolute Gasteiger partial charge is 0.144 e. The average molecular weight is 320 g/mol. The molecule has 1 atom stereocenters. The van der Waals surface area contributed by atoms with Gasteiger partial charge in [0, 0.05) is 9.75 Å². The van der Waals surface area contributed by atoms with E-state index in [9.17, 15) is 0 Å². The summed E-state index contributed by atoms with van der Waals surface area (Å²) in [6.45, 7) is 4.20. The first-order chi connectivity index (χ1) is 8.47. The van der Waals surface area contributed by atoms with Crippen molar-refractivity contribution in [1.82, 2.24) is 0 Å². The van der Waals surface area contributed by atoms with Crippen molar-refractivity contribution in [2.75, 3.05) is 0 Å². The van der Waals surface area contributed by atoms with Crippen LogP contribution in [0.1, 0.15) is 26.3 Å². The van der Waals surface area contributed by atoms with Crippen molar-refractivity contribution in [1.29, 1.82) is 0 Å². The van der Waals surface area contributed by atoms with Crippen molar-refractivity contribution in [2.24, 2.45) is 0 Å². The van der Waals surface area contributed by atoms with Crippen LogP contribution in [0.4, 0.5) is 0 Å². The molecule has 1 heterocycles. The second-order valence-electron chi connectivity index (χ2n) is 4.32. The Labute approximate surface area is 126 Å². The molecule has 0 saturated heterocycles. The van der Waals surface area contributed by atoms with E-state index in [1.807, 2.05) is 18.2 Å². The number of hydrogen-bond donors (Lipinski definition) is 0. The first kappa shape index (κ1) is 14.2. The molecule has 18 heavy (non-hydrogen) atoms. The summed E-state index contributed by atoms with van der Waals surface area (Å²) in [7, 11) is 0. The Hall–Kier alpha value is -0.210. The van der Waals surface area contributed by atoms with Crippen molar-refractivity contribution >= 4 is 46.1 Å². The van der Waals surface area contributed by atoms with E-state index >= 15 is 0 Å². The van der Waals surface area contributed by atoms with Crippen LogP contribution in [0.15, 0.2) is 24.3 Å². The summed E-state index contributed by atoms with van der Waals surface area (Å²) in [6.07, 6.45) is 0.763. The monoisotopic (exact) mass is 318 g/mol. The number of thiophene rings is 1. The third-order valence-corrected chi connectivity index (χ3v) is 5.27. The Morgan fingerprint density at radius 3 is 2.39 bits per heavy atom. The van der Waals surface area contributed by atoms with Crippen LogP contribution in [0, 0.1) is 13.8 Å². The second-order valence-corrected chi connectivity index (χ2v) is 6.95. The van der Waals surface area contributed by atoms with Gasteiger partial charge >= 0.3 is 0 Å². The van der Waals surface area contributed by atoms with Gasteiger partial charge in [-0.05, 0) is 49.6 Å². The zero-order valence-corrected chi connectivity index (χ0v) is 13.2. The molecule has 96 valence electrons. The van der Waals surface area contributed by atoms with Gasteiger partial charge in [0.2, 0.25) is 0 Å². The lowest BCUT2D eigenvalue weighted by atomic mass is 10.1. The Kier molecular flexibility index (Phi) is 4.60. The molecule has 0 nitrogen and oxygen atoms in total. The molecular formula is C14H13Cl3S. The number of halogens is 3. The molecule has 4 heteroatoms. The van der Waals surface area contributed by atoms with E-state index in [0.717, 1.165) is 12.0 Å². The van der Waals surface area contributed by atoms with Crippen molar-refractivity contribution in [3.63, 3.8) is 0 Å². The summed E-state index contributed by atoms with van der Waals surface area (Å²) in [4.78, 5) is 2.53. The summed E-state index contributed by atoms with van der Waals surface area (Å²) in [6, 6.07) is 7.84. The summed E-state index contributed by atoms with van der Waals surface area (Å²) >= 11 is 20.2. The molecule has 0 aliphatic heterocycles. The summed E-state index contributed by atoms with van der Waals surface area (Å²) in [5.74, 6) is 0. The fourth-order valence-corrected chi connectivity index (χ4v) is 3.75. The molecule has 1 aromatic heterocycles. The molecule has 0 bridgehead atoms. The van der Waals surface area contributed by atoms with Crippen LogP contribution in [-0.4, -0.2) is 0 Å². The Morgan fingerprint density at radius 2 is 1.83 bits per heavy atom. The lowest BCUT2D eigenvalue weighted by Crippen LogP contribution is -1.95. The third-order valence-electron chi connectivity index (χ3n) is 2.76. The van der Waals surface area contributed by atoms with E-state index < -0.39 is 0 Å². The highest BCUT2D eigenvalue weighted by molar-refractivity contribution is 7.12. The van der Waals surface area contributed by atoms with E-state index in [1.165, 1.54) is 15.3 Å². The maximum atomic E-state index is 6.49.